The smallest absolute Gasteiger partial charge is 0.248 e. The van der Waals surface area contributed by atoms with Crippen LogP contribution in [-0.4, -0.2) is 24.0 Å². The zero-order valence-electron chi connectivity index (χ0n) is 14.3. The Hall–Kier alpha value is -2.69. The van der Waals surface area contributed by atoms with Crippen molar-refractivity contribution in [3.8, 4) is 0 Å². The lowest BCUT2D eigenvalue weighted by molar-refractivity contribution is -0.111. The van der Waals surface area contributed by atoms with E-state index in [1.54, 1.807) is 24.4 Å². The number of nitrogens with one attached hydrogen (secondary N) is 1. The first kappa shape index (κ1) is 17.1. The lowest BCUT2D eigenvalue weighted by atomic mass is 9.99. The Morgan fingerprint density at radius 2 is 2.08 bits per heavy atom. The average molecular weight is 339 g/mol. The molecule has 0 spiro atoms. The zero-order valence-corrected chi connectivity index (χ0v) is 14.3. The Kier molecular flexibility index (Phi) is 5.43. The quantitative estimate of drug-likeness (QED) is 0.853. The van der Waals surface area contributed by atoms with Crippen LogP contribution in [0, 0.1) is 11.7 Å². The molecule has 130 valence electrons. The van der Waals surface area contributed by atoms with Crippen molar-refractivity contribution in [3.63, 3.8) is 0 Å². The summed E-state index contributed by atoms with van der Waals surface area (Å²) in [5.74, 6) is 1.12. The summed E-state index contributed by atoms with van der Waals surface area (Å²) in [4.78, 5) is 18.7. The fourth-order valence-corrected chi connectivity index (χ4v) is 2.85. The van der Waals surface area contributed by atoms with Gasteiger partial charge >= 0.3 is 0 Å². The summed E-state index contributed by atoms with van der Waals surface area (Å²) in [5.41, 5.74) is 1.28. The van der Waals surface area contributed by atoms with Crippen LogP contribution < -0.4 is 10.2 Å². The molecule has 1 amide bonds. The highest BCUT2D eigenvalue weighted by Crippen LogP contribution is 2.22. The minimum atomic E-state index is -0.325. The molecule has 1 saturated heterocycles. The van der Waals surface area contributed by atoms with Crippen molar-refractivity contribution in [1.82, 2.24) is 4.98 Å². The predicted octanol–water partition coefficient (Wildman–Crippen LogP) is 4.11. The van der Waals surface area contributed by atoms with E-state index in [4.69, 9.17) is 0 Å². The molecule has 0 aliphatic carbocycles. The Morgan fingerprint density at radius 3 is 2.76 bits per heavy atom. The number of nitrogens with zero attached hydrogens (tertiary/aromatic N) is 2. The van der Waals surface area contributed by atoms with E-state index in [2.05, 4.69) is 22.1 Å². The fourth-order valence-electron chi connectivity index (χ4n) is 2.85. The van der Waals surface area contributed by atoms with Gasteiger partial charge in [0.25, 0.3) is 0 Å². The summed E-state index contributed by atoms with van der Waals surface area (Å²) in [5, 5.41) is 2.76. The van der Waals surface area contributed by atoms with Crippen LogP contribution in [0.4, 0.5) is 15.9 Å². The fraction of sp³-hybridized carbons (Fsp3) is 0.300. The summed E-state index contributed by atoms with van der Waals surface area (Å²) < 4.78 is 13.1. The number of carbonyl (C=O) groups is 1. The molecule has 0 atom stereocenters. The summed E-state index contributed by atoms with van der Waals surface area (Å²) in [6.07, 6.45) is 7.00. The normalized spacial score (nSPS) is 15.5. The van der Waals surface area contributed by atoms with E-state index in [9.17, 15) is 9.18 Å². The van der Waals surface area contributed by atoms with Crippen LogP contribution in [0.5, 0.6) is 0 Å². The van der Waals surface area contributed by atoms with Gasteiger partial charge in [0, 0.05) is 19.2 Å². The van der Waals surface area contributed by atoms with Crippen LogP contribution in [0.25, 0.3) is 6.08 Å². The number of halogens is 1. The molecule has 3 rings (SSSR count). The summed E-state index contributed by atoms with van der Waals surface area (Å²) in [7, 11) is 0. The molecule has 1 aliphatic heterocycles. The molecule has 2 aromatic rings. The number of anilines is 2. The van der Waals surface area contributed by atoms with Gasteiger partial charge in [-0.25, -0.2) is 9.37 Å². The summed E-state index contributed by atoms with van der Waals surface area (Å²) >= 11 is 0. The number of carbonyl (C=O) groups excluding carboxylic acids is 1. The number of piperidine rings is 1. The molecule has 1 fully saturated rings. The SMILES string of the molecule is CC1CCN(c2ccc(NC(=O)/C=C/c3cccc(F)c3)cn2)CC1. The molecule has 1 aromatic carbocycles. The van der Waals surface area contributed by atoms with Crippen molar-refractivity contribution in [2.24, 2.45) is 5.92 Å². The number of aromatic nitrogens is 1. The highest BCUT2D eigenvalue weighted by Gasteiger charge is 2.16. The van der Waals surface area contributed by atoms with Gasteiger partial charge in [0.1, 0.15) is 11.6 Å². The van der Waals surface area contributed by atoms with Gasteiger partial charge in [-0.2, -0.15) is 0 Å². The molecule has 1 aromatic heterocycles. The van der Waals surface area contributed by atoms with E-state index in [-0.39, 0.29) is 11.7 Å². The van der Waals surface area contributed by atoms with Gasteiger partial charge in [0.2, 0.25) is 5.91 Å². The highest BCUT2D eigenvalue weighted by atomic mass is 19.1. The van der Waals surface area contributed by atoms with Gasteiger partial charge in [-0.05, 0) is 54.7 Å². The van der Waals surface area contributed by atoms with E-state index in [0.29, 0.717) is 11.3 Å². The summed E-state index contributed by atoms with van der Waals surface area (Å²) in [6.45, 7) is 4.33. The van der Waals surface area contributed by atoms with Crippen LogP contribution in [0.1, 0.15) is 25.3 Å². The molecular formula is C20H22FN3O. The van der Waals surface area contributed by atoms with Crippen molar-refractivity contribution < 1.29 is 9.18 Å². The minimum Gasteiger partial charge on any atom is -0.357 e. The first-order valence-electron chi connectivity index (χ1n) is 8.56. The van der Waals surface area contributed by atoms with Crippen molar-refractivity contribution >= 4 is 23.5 Å². The minimum absolute atomic E-state index is 0.273. The number of pyridine rings is 1. The number of hydrogen-bond acceptors (Lipinski definition) is 3. The third kappa shape index (κ3) is 4.89. The molecule has 25 heavy (non-hydrogen) atoms. The maximum Gasteiger partial charge on any atom is 0.248 e. The van der Waals surface area contributed by atoms with E-state index in [1.807, 2.05) is 12.1 Å². The largest absolute Gasteiger partial charge is 0.357 e. The Bertz CT molecular complexity index is 750. The van der Waals surface area contributed by atoms with Crippen molar-refractivity contribution in [2.45, 2.75) is 19.8 Å². The molecule has 0 saturated carbocycles. The van der Waals surface area contributed by atoms with E-state index in [1.165, 1.54) is 31.1 Å². The molecule has 5 heteroatoms. The second-order valence-electron chi connectivity index (χ2n) is 6.45. The van der Waals surface area contributed by atoms with E-state index in [0.717, 1.165) is 24.8 Å². The lowest BCUT2D eigenvalue weighted by Crippen LogP contribution is -2.33. The average Bonchev–Trinajstić information content (AvgIpc) is 2.62. The highest BCUT2D eigenvalue weighted by molar-refractivity contribution is 6.01. The van der Waals surface area contributed by atoms with Crippen LogP contribution in [0.15, 0.2) is 48.7 Å². The Morgan fingerprint density at radius 1 is 1.28 bits per heavy atom. The maximum absolute atomic E-state index is 13.1. The molecule has 1 N–H and O–H groups in total. The van der Waals surface area contributed by atoms with Crippen molar-refractivity contribution in [2.75, 3.05) is 23.3 Å². The molecule has 2 heterocycles. The second kappa shape index (κ2) is 7.92. The topological polar surface area (TPSA) is 45.2 Å². The van der Waals surface area contributed by atoms with Gasteiger partial charge in [-0.1, -0.05) is 19.1 Å². The third-order valence-electron chi connectivity index (χ3n) is 4.40. The molecular weight excluding hydrogens is 317 g/mol. The van der Waals surface area contributed by atoms with Gasteiger partial charge in [0.05, 0.1) is 11.9 Å². The number of benzene rings is 1. The molecule has 1 aliphatic rings. The standard InChI is InChI=1S/C20H22FN3O/c1-15-9-11-24(12-10-15)19-7-6-18(14-22-19)23-20(25)8-5-16-3-2-4-17(21)13-16/h2-8,13-15H,9-12H2,1H3,(H,23,25)/b8-5+. The first-order chi connectivity index (χ1) is 12.1. The van der Waals surface area contributed by atoms with Gasteiger partial charge in [-0.15, -0.1) is 0 Å². The lowest BCUT2D eigenvalue weighted by Gasteiger charge is -2.31. The number of rotatable bonds is 4. The van der Waals surface area contributed by atoms with Crippen LogP contribution in [0.3, 0.4) is 0 Å². The monoisotopic (exact) mass is 339 g/mol. The summed E-state index contributed by atoms with van der Waals surface area (Å²) in [6, 6.07) is 9.88. The van der Waals surface area contributed by atoms with Crippen molar-refractivity contribution in [3.05, 3.63) is 60.1 Å². The van der Waals surface area contributed by atoms with Crippen LogP contribution >= 0.6 is 0 Å². The van der Waals surface area contributed by atoms with Crippen molar-refractivity contribution in [1.29, 1.82) is 0 Å². The van der Waals surface area contributed by atoms with Crippen LogP contribution in [-0.2, 0) is 4.79 Å². The van der Waals surface area contributed by atoms with Gasteiger partial charge in [0.15, 0.2) is 0 Å². The number of amides is 1. The first-order valence-corrected chi connectivity index (χ1v) is 8.56. The van der Waals surface area contributed by atoms with Gasteiger partial charge in [-0.3, -0.25) is 4.79 Å². The Balaban J connectivity index is 1.56. The second-order valence-corrected chi connectivity index (χ2v) is 6.45. The molecule has 0 radical (unpaired) electrons. The van der Waals surface area contributed by atoms with E-state index >= 15 is 0 Å². The van der Waals surface area contributed by atoms with Crippen LogP contribution in [0.2, 0.25) is 0 Å². The predicted molar refractivity (Wildman–Crippen MR) is 98.9 cm³/mol. The van der Waals surface area contributed by atoms with E-state index < -0.39 is 0 Å². The van der Waals surface area contributed by atoms with Gasteiger partial charge < -0.3 is 10.2 Å². The Labute approximate surface area is 147 Å². The molecule has 0 bridgehead atoms. The zero-order chi connectivity index (χ0) is 17.6. The third-order valence-corrected chi connectivity index (χ3v) is 4.40. The maximum atomic E-state index is 13.1. The molecule has 0 unspecified atom stereocenters. The molecule has 4 nitrogen and oxygen atoms in total. The number of hydrogen-bond donors (Lipinski definition) is 1.